The maximum absolute atomic E-state index is 4.40. The summed E-state index contributed by atoms with van der Waals surface area (Å²) in [5, 5.41) is 12.7. The van der Waals surface area contributed by atoms with Crippen LogP contribution in [-0.2, 0) is 13.1 Å². The van der Waals surface area contributed by atoms with Crippen molar-refractivity contribution in [2.75, 3.05) is 7.05 Å². The third kappa shape index (κ3) is 4.29. The minimum absolute atomic E-state index is 0.690. The number of aryl methyl sites for hydroxylation is 2. The summed E-state index contributed by atoms with van der Waals surface area (Å²) >= 11 is 3.31. The molecule has 2 rings (SSSR count). The van der Waals surface area contributed by atoms with Crippen molar-refractivity contribution in [2.45, 2.75) is 26.9 Å². The van der Waals surface area contributed by atoms with Gasteiger partial charge in [0.1, 0.15) is 10.0 Å². The van der Waals surface area contributed by atoms with E-state index in [1.54, 1.807) is 29.7 Å². The van der Waals surface area contributed by atoms with Crippen LogP contribution in [-0.4, -0.2) is 23.0 Å². The summed E-state index contributed by atoms with van der Waals surface area (Å²) in [5.41, 5.74) is 2.12. The molecule has 19 heavy (non-hydrogen) atoms. The van der Waals surface area contributed by atoms with Crippen molar-refractivity contribution in [2.24, 2.45) is 4.99 Å². The zero-order valence-electron chi connectivity index (χ0n) is 11.2. The maximum Gasteiger partial charge on any atom is 0.191 e. The number of nitrogens with one attached hydrogen (secondary N) is 2. The van der Waals surface area contributed by atoms with Gasteiger partial charge in [-0.05, 0) is 13.8 Å². The van der Waals surface area contributed by atoms with Gasteiger partial charge in [0, 0.05) is 29.2 Å². The minimum atomic E-state index is 0.690. The van der Waals surface area contributed by atoms with Crippen LogP contribution in [0.5, 0.6) is 0 Å². The van der Waals surface area contributed by atoms with Crippen LogP contribution in [0.25, 0.3) is 0 Å². The lowest BCUT2D eigenvalue weighted by molar-refractivity contribution is 0.798. The molecule has 0 unspecified atom stereocenters. The standard InChI is InChI=1S/C12H17N5S2/c1-8-6-18-10(16-8)4-14-12(13-3)15-5-11-17-9(2)7-19-11/h6-7H,4-5H2,1-3H3,(H2,13,14,15). The van der Waals surface area contributed by atoms with E-state index in [4.69, 9.17) is 0 Å². The highest BCUT2D eigenvalue weighted by molar-refractivity contribution is 7.09. The minimum Gasteiger partial charge on any atom is -0.350 e. The van der Waals surface area contributed by atoms with Gasteiger partial charge in [0.15, 0.2) is 5.96 Å². The third-order valence-corrected chi connectivity index (χ3v) is 4.30. The normalized spacial score (nSPS) is 10.3. The van der Waals surface area contributed by atoms with E-state index in [1.807, 2.05) is 24.6 Å². The van der Waals surface area contributed by atoms with Gasteiger partial charge in [0.25, 0.3) is 0 Å². The van der Waals surface area contributed by atoms with Crippen molar-refractivity contribution < 1.29 is 0 Å². The Morgan fingerprint density at radius 3 is 1.84 bits per heavy atom. The summed E-state index contributed by atoms with van der Waals surface area (Å²) < 4.78 is 0. The summed E-state index contributed by atoms with van der Waals surface area (Å²) in [7, 11) is 1.76. The van der Waals surface area contributed by atoms with Gasteiger partial charge in [-0.15, -0.1) is 22.7 Å². The average molecular weight is 295 g/mol. The van der Waals surface area contributed by atoms with E-state index >= 15 is 0 Å². The molecule has 0 bridgehead atoms. The quantitative estimate of drug-likeness (QED) is 0.670. The summed E-state index contributed by atoms with van der Waals surface area (Å²) in [6, 6.07) is 0. The van der Waals surface area contributed by atoms with E-state index in [0.717, 1.165) is 27.4 Å². The lowest BCUT2D eigenvalue weighted by Crippen LogP contribution is -2.36. The lowest BCUT2D eigenvalue weighted by Gasteiger charge is -2.09. The first-order valence-electron chi connectivity index (χ1n) is 5.94. The predicted octanol–water partition coefficient (Wildman–Crippen LogP) is 2.08. The first-order valence-corrected chi connectivity index (χ1v) is 7.70. The fourth-order valence-electron chi connectivity index (χ4n) is 1.51. The molecule has 0 aliphatic rings. The summed E-state index contributed by atoms with van der Waals surface area (Å²) in [6.45, 7) is 5.37. The molecule has 102 valence electrons. The number of guanidine groups is 1. The van der Waals surface area contributed by atoms with Gasteiger partial charge in [-0.2, -0.15) is 0 Å². The average Bonchev–Trinajstić information content (AvgIpc) is 2.99. The number of rotatable bonds is 4. The zero-order valence-corrected chi connectivity index (χ0v) is 12.9. The van der Waals surface area contributed by atoms with Crippen LogP contribution < -0.4 is 10.6 Å². The van der Waals surface area contributed by atoms with Crippen LogP contribution in [0.1, 0.15) is 21.4 Å². The molecule has 2 aromatic rings. The molecule has 0 fully saturated rings. The first-order chi connectivity index (χ1) is 9.17. The predicted molar refractivity (Wildman–Crippen MR) is 80.7 cm³/mol. The fourth-order valence-corrected chi connectivity index (χ4v) is 2.93. The Kier molecular flexibility index (Phi) is 4.86. The molecule has 0 amide bonds. The van der Waals surface area contributed by atoms with Crippen molar-refractivity contribution in [3.05, 3.63) is 32.2 Å². The Bertz CT molecular complexity index is 512. The lowest BCUT2D eigenvalue weighted by atomic mass is 10.5. The smallest absolute Gasteiger partial charge is 0.191 e. The van der Waals surface area contributed by atoms with Gasteiger partial charge in [-0.3, -0.25) is 4.99 Å². The van der Waals surface area contributed by atoms with E-state index < -0.39 is 0 Å². The van der Waals surface area contributed by atoms with Crippen molar-refractivity contribution >= 4 is 28.6 Å². The fraction of sp³-hybridized carbons (Fsp3) is 0.417. The van der Waals surface area contributed by atoms with Gasteiger partial charge >= 0.3 is 0 Å². The molecule has 0 aliphatic carbocycles. The summed E-state index contributed by atoms with van der Waals surface area (Å²) in [6.07, 6.45) is 0. The monoisotopic (exact) mass is 295 g/mol. The Balaban J connectivity index is 1.80. The largest absolute Gasteiger partial charge is 0.350 e. The second-order valence-corrected chi connectivity index (χ2v) is 5.93. The maximum atomic E-state index is 4.40. The van der Waals surface area contributed by atoms with Crippen LogP contribution in [0.15, 0.2) is 15.8 Å². The number of hydrogen-bond donors (Lipinski definition) is 2. The zero-order chi connectivity index (χ0) is 13.7. The van der Waals surface area contributed by atoms with Crippen molar-refractivity contribution in [1.82, 2.24) is 20.6 Å². The van der Waals surface area contributed by atoms with Gasteiger partial charge in [0.05, 0.1) is 13.1 Å². The molecule has 0 saturated carbocycles. The van der Waals surface area contributed by atoms with E-state index in [1.165, 1.54) is 0 Å². The second-order valence-electron chi connectivity index (χ2n) is 4.04. The third-order valence-electron chi connectivity index (χ3n) is 2.37. The molecule has 0 aliphatic heterocycles. The Labute approximate surface area is 120 Å². The first kappa shape index (κ1) is 14.0. The topological polar surface area (TPSA) is 62.2 Å². The van der Waals surface area contributed by atoms with Crippen molar-refractivity contribution in [3.63, 3.8) is 0 Å². The molecule has 0 atom stereocenters. The second kappa shape index (κ2) is 6.63. The molecule has 0 saturated heterocycles. The highest BCUT2D eigenvalue weighted by atomic mass is 32.1. The molecule has 2 N–H and O–H groups in total. The highest BCUT2D eigenvalue weighted by Crippen LogP contribution is 2.09. The van der Waals surface area contributed by atoms with E-state index in [-0.39, 0.29) is 0 Å². The molecular formula is C12H17N5S2. The Morgan fingerprint density at radius 2 is 1.53 bits per heavy atom. The highest BCUT2D eigenvalue weighted by Gasteiger charge is 2.03. The molecule has 0 aromatic carbocycles. The SMILES string of the molecule is CN=C(NCc1nc(C)cs1)NCc1nc(C)cs1. The van der Waals surface area contributed by atoms with Crippen molar-refractivity contribution in [1.29, 1.82) is 0 Å². The number of hydrogen-bond acceptors (Lipinski definition) is 5. The summed E-state index contributed by atoms with van der Waals surface area (Å²) in [4.78, 5) is 13.0. The van der Waals surface area contributed by atoms with Crippen LogP contribution >= 0.6 is 22.7 Å². The number of aliphatic imine (C=N–C) groups is 1. The Morgan fingerprint density at radius 1 is 1.05 bits per heavy atom. The molecule has 2 heterocycles. The van der Waals surface area contributed by atoms with E-state index in [9.17, 15) is 0 Å². The van der Waals surface area contributed by atoms with Gasteiger partial charge in [0.2, 0.25) is 0 Å². The number of aromatic nitrogens is 2. The van der Waals surface area contributed by atoms with E-state index in [0.29, 0.717) is 13.1 Å². The number of thiazole rings is 2. The van der Waals surface area contributed by atoms with Crippen LogP contribution in [0.4, 0.5) is 0 Å². The van der Waals surface area contributed by atoms with Crippen molar-refractivity contribution in [3.8, 4) is 0 Å². The molecular weight excluding hydrogens is 278 g/mol. The molecule has 0 radical (unpaired) electrons. The number of nitrogens with zero attached hydrogens (tertiary/aromatic N) is 3. The van der Waals surface area contributed by atoms with Gasteiger partial charge in [-0.1, -0.05) is 0 Å². The molecule has 7 heteroatoms. The van der Waals surface area contributed by atoms with Crippen LogP contribution in [0, 0.1) is 13.8 Å². The molecule has 2 aromatic heterocycles. The molecule has 0 spiro atoms. The van der Waals surface area contributed by atoms with Crippen LogP contribution in [0.2, 0.25) is 0 Å². The van der Waals surface area contributed by atoms with Gasteiger partial charge in [-0.25, -0.2) is 9.97 Å². The van der Waals surface area contributed by atoms with E-state index in [2.05, 4.69) is 25.6 Å². The Hall–Kier alpha value is -1.47. The summed E-state index contributed by atoms with van der Waals surface area (Å²) in [5.74, 6) is 0.765. The van der Waals surface area contributed by atoms with Gasteiger partial charge < -0.3 is 10.6 Å². The molecule has 5 nitrogen and oxygen atoms in total. The van der Waals surface area contributed by atoms with Crippen LogP contribution in [0.3, 0.4) is 0 Å².